The summed E-state index contributed by atoms with van der Waals surface area (Å²) in [6.45, 7) is 6.32. The van der Waals surface area contributed by atoms with Gasteiger partial charge in [0.15, 0.2) is 0 Å². The lowest BCUT2D eigenvalue weighted by molar-refractivity contribution is -0.124. The molecule has 3 rings (SSSR count). The molecule has 2 N–H and O–H groups in total. The third-order valence-corrected chi connectivity index (χ3v) is 6.20. The van der Waals surface area contributed by atoms with Crippen LogP contribution < -0.4 is 10.6 Å². The van der Waals surface area contributed by atoms with Gasteiger partial charge in [0.2, 0.25) is 5.91 Å². The van der Waals surface area contributed by atoms with Crippen molar-refractivity contribution in [1.29, 1.82) is 0 Å². The van der Waals surface area contributed by atoms with Crippen LogP contribution in [0.25, 0.3) is 0 Å². The van der Waals surface area contributed by atoms with E-state index >= 15 is 0 Å². The Kier molecular flexibility index (Phi) is 6.08. The van der Waals surface area contributed by atoms with Crippen molar-refractivity contribution in [3.8, 4) is 0 Å². The highest BCUT2D eigenvalue weighted by molar-refractivity contribution is 7.10. The molecule has 0 radical (unpaired) electrons. The summed E-state index contributed by atoms with van der Waals surface area (Å²) in [6, 6.07) is 4.66. The lowest BCUT2D eigenvalue weighted by Gasteiger charge is -2.36. The van der Waals surface area contributed by atoms with E-state index < -0.39 is 0 Å². The number of amides is 1. The number of rotatable bonds is 5. The van der Waals surface area contributed by atoms with Crippen molar-refractivity contribution < 1.29 is 4.79 Å². The Hall–Kier alpha value is -0.910. The quantitative estimate of drug-likeness (QED) is 0.870. The van der Waals surface area contributed by atoms with Gasteiger partial charge in [0.1, 0.15) is 0 Å². The van der Waals surface area contributed by atoms with Crippen LogP contribution >= 0.6 is 11.3 Å². The maximum Gasteiger partial charge on any atom is 0.237 e. The van der Waals surface area contributed by atoms with Gasteiger partial charge < -0.3 is 10.6 Å². The van der Waals surface area contributed by atoms with Crippen LogP contribution in [0.5, 0.6) is 0 Å². The lowest BCUT2D eigenvalue weighted by atomic mass is 9.97. The molecule has 0 bridgehead atoms. The van der Waals surface area contributed by atoms with Crippen molar-refractivity contribution in [2.45, 2.75) is 51.1 Å². The molecule has 1 aromatic heterocycles. The summed E-state index contributed by atoms with van der Waals surface area (Å²) in [6.07, 6.45) is 5.84. The zero-order valence-electron chi connectivity index (χ0n) is 14.1. The first kappa shape index (κ1) is 16.9. The Morgan fingerprint density at radius 3 is 2.87 bits per heavy atom. The van der Waals surface area contributed by atoms with E-state index in [-0.39, 0.29) is 11.9 Å². The lowest BCUT2D eigenvalue weighted by Crippen LogP contribution is -2.49. The molecule has 2 fully saturated rings. The Morgan fingerprint density at radius 1 is 1.39 bits per heavy atom. The summed E-state index contributed by atoms with van der Waals surface area (Å²) in [4.78, 5) is 16.3. The maximum atomic E-state index is 12.4. The predicted octanol–water partition coefficient (Wildman–Crippen LogP) is 2.78. The number of thiophene rings is 1. The molecule has 2 unspecified atom stereocenters. The van der Waals surface area contributed by atoms with Crippen molar-refractivity contribution in [3.05, 3.63) is 22.4 Å². The molecule has 3 heterocycles. The normalized spacial score (nSPS) is 25.2. The topological polar surface area (TPSA) is 44.4 Å². The number of hydrogen-bond acceptors (Lipinski definition) is 4. The van der Waals surface area contributed by atoms with E-state index in [1.807, 2.05) is 0 Å². The monoisotopic (exact) mass is 335 g/mol. The number of carbonyl (C=O) groups excluding carboxylic acids is 1. The summed E-state index contributed by atoms with van der Waals surface area (Å²) in [7, 11) is 0. The van der Waals surface area contributed by atoms with Gasteiger partial charge in [0, 0.05) is 11.4 Å². The van der Waals surface area contributed by atoms with Crippen LogP contribution in [0, 0.1) is 5.92 Å². The van der Waals surface area contributed by atoms with E-state index in [9.17, 15) is 4.79 Å². The summed E-state index contributed by atoms with van der Waals surface area (Å²) in [5, 5.41) is 8.69. The van der Waals surface area contributed by atoms with Crippen molar-refractivity contribution >= 4 is 17.2 Å². The predicted molar refractivity (Wildman–Crippen MR) is 95.7 cm³/mol. The van der Waals surface area contributed by atoms with Crippen LogP contribution in [-0.2, 0) is 4.79 Å². The molecule has 1 aromatic rings. The Labute approximate surface area is 143 Å². The summed E-state index contributed by atoms with van der Waals surface area (Å²) in [5.74, 6) is 1.01. The van der Waals surface area contributed by atoms with Gasteiger partial charge in [0.25, 0.3) is 0 Å². The molecule has 0 spiro atoms. The third kappa shape index (κ3) is 4.55. The Balaban J connectivity index is 1.59. The van der Waals surface area contributed by atoms with Gasteiger partial charge >= 0.3 is 0 Å². The van der Waals surface area contributed by atoms with E-state index in [1.54, 1.807) is 11.3 Å². The van der Waals surface area contributed by atoms with E-state index in [2.05, 4.69) is 40.0 Å². The largest absolute Gasteiger partial charge is 0.353 e. The van der Waals surface area contributed by atoms with Gasteiger partial charge in [-0.15, -0.1) is 11.3 Å². The smallest absolute Gasteiger partial charge is 0.237 e. The van der Waals surface area contributed by atoms with Crippen LogP contribution in [-0.4, -0.2) is 43.0 Å². The van der Waals surface area contributed by atoms with Gasteiger partial charge in [-0.25, -0.2) is 0 Å². The maximum absolute atomic E-state index is 12.4. The van der Waals surface area contributed by atoms with Crippen LogP contribution in [0.3, 0.4) is 0 Å². The highest BCUT2D eigenvalue weighted by Gasteiger charge is 2.27. The van der Waals surface area contributed by atoms with Crippen LogP contribution in [0.2, 0.25) is 0 Å². The summed E-state index contributed by atoms with van der Waals surface area (Å²) >= 11 is 1.80. The Morgan fingerprint density at radius 2 is 2.22 bits per heavy atom. The molecule has 4 nitrogen and oxygen atoms in total. The van der Waals surface area contributed by atoms with E-state index in [1.165, 1.54) is 24.1 Å². The average molecular weight is 336 g/mol. The molecule has 5 heteroatoms. The molecule has 23 heavy (non-hydrogen) atoms. The molecule has 2 atom stereocenters. The number of nitrogens with one attached hydrogen (secondary N) is 2. The van der Waals surface area contributed by atoms with Crippen molar-refractivity contribution in [1.82, 2.24) is 15.5 Å². The second-order valence-corrected chi connectivity index (χ2v) is 7.98. The van der Waals surface area contributed by atoms with Crippen LogP contribution in [0.4, 0.5) is 0 Å². The molecular formula is C18H29N3OS. The van der Waals surface area contributed by atoms with Gasteiger partial charge in [0.05, 0.1) is 12.1 Å². The fourth-order valence-corrected chi connectivity index (χ4v) is 4.49. The molecule has 0 aliphatic carbocycles. The van der Waals surface area contributed by atoms with E-state index in [0.717, 1.165) is 44.9 Å². The van der Waals surface area contributed by atoms with Crippen molar-refractivity contribution in [2.24, 2.45) is 5.92 Å². The second kappa shape index (κ2) is 8.27. The van der Waals surface area contributed by atoms with Gasteiger partial charge in [-0.1, -0.05) is 19.4 Å². The van der Waals surface area contributed by atoms with Crippen LogP contribution in [0.15, 0.2) is 17.5 Å². The number of likely N-dealkylation sites (tertiary alicyclic amines) is 1. The average Bonchev–Trinajstić information content (AvgIpc) is 3.11. The molecular weight excluding hydrogens is 306 g/mol. The minimum atomic E-state index is 0.00844. The first-order valence-electron chi connectivity index (χ1n) is 9.02. The van der Waals surface area contributed by atoms with Crippen LogP contribution in [0.1, 0.15) is 49.9 Å². The van der Waals surface area contributed by atoms with Gasteiger partial charge in [-0.3, -0.25) is 9.69 Å². The SMILES string of the molecule is CC1CCN(C(CNC(=O)C2CCCCN2)c2cccs2)CC1. The minimum Gasteiger partial charge on any atom is -0.353 e. The van der Waals surface area contributed by atoms with Crippen molar-refractivity contribution in [3.63, 3.8) is 0 Å². The molecule has 128 valence electrons. The first-order chi connectivity index (χ1) is 11.2. The standard InChI is InChI=1S/C18H29N3OS/c1-14-7-10-21(11-8-14)16(17-6-4-12-23-17)13-20-18(22)15-5-2-3-9-19-15/h4,6,12,14-16,19H,2-3,5,7-11,13H2,1H3,(H,20,22). The Bertz CT molecular complexity index is 476. The molecule has 2 aliphatic heterocycles. The number of carbonyl (C=O) groups is 1. The molecule has 1 amide bonds. The number of hydrogen-bond donors (Lipinski definition) is 2. The minimum absolute atomic E-state index is 0.00844. The summed E-state index contributed by atoms with van der Waals surface area (Å²) in [5.41, 5.74) is 0. The zero-order chi connectivity index (χ0) is 16.1. The van der Waals surface area contributed by atoms with Crippen molar-refractivity contribution in [2.75, 3.05) is 26.2 Å². The van der Waals surface area contributed by atoms with Gasteiger partial charge in [-0.05, 0) is 62.7 Å². The third-order valence-electron chi connectivity index (χ3n) is 5.23. The first-order valence-corrected chi connectivity index (χ1v) is 9.90. The number of nitrogens with zero attached hydrogens (tertiary/aromatic N) is 1. The zero-order valence-corrected chi connectivity index (χ0v) is 14.9. The molecule has 0 aromatic carbocycles. The molecule has 2 saturated heterocycles. The van der Waals surface area contributed by atoms with E-state index in [4.69, 9.17) is 0 Å². The molecule has 2 aliphatic rings. The molecule has 0 saturated carbocycles. The fourth-order valence-electron chi connectivity index (χ4n) is 3.63. The summed E-state index contributed by atoms with van der Waals surface area (Å²) < 4.78 is 0. The fraction of sp³-hybridized carbons (Fsp3) is 0.722. The highest BCUT2D eigenvalue weighted by atomic mass is 32.1. The second-order valence-electron chi connectivity index (χ2n) is 7.00. The van der Waals surface area contributed by atoms with Gasteiger partial charge in [-0.2, -0.15) is 0 Å². The highest BCUT2D eigenvalue weighted by Crippen LogP contribution is 2.29. The number of piperidine rings is 2. The van der Waals surface area contributed by atoms with E-state index in [0.29, 0.717) is 6.04 Å².